The number of rotatable bonds is 8. The highest BCUT2D eigenvalue weighted by atomic mass is 32.1. The van der Waals surface area contributed by atoms with Gasteiger partial charge >= 0.3 is 0 Å². The zero-order valence-electron chi connectivity index (χ0n) is 10.9. The first kappa shape index (κ1) is 14.9. The van der Waals surface area contributed by atoms with Gasteiger partial charge in [0.2, 0.25) is 0 Å². The van der Waals surface area contributed by atoms with E-state index in [1.165, 1.54) is 32.1 Å². The summed E-state index contributed by atoms with van der Waals surface area (Å²) in [5.74, 6) is 0.580. The number of thiocarbonyl (C=S) groups is 1. The summed E-state index contributed by atoms with van der Waals surface area (Å²) in [7, 11) is 0. The molecule has 0 radical (unpaired) electrons. The van der Waals surface area contributed by atoms with E-state index in [0.717, 1.165) is 18.1 Å². The monoisotopic (exact) mass is 229 g/mol. The maximum absolute atomic E-state index is 5.50. The lowest BCUT2D eigenvalue weighted by molar-refractivity contribution is 0.436. The molecule has 2 heteroatoms. The average molecular weight is 229 g/mol. The van der Waals surface area contributed by atoms with Gasteiger partial charge in [-0.1, -0.05) is 51.7 Å². The van der Waals surface area contributed by atoms with Gasteiger partial charge in [-0.3, -0.25) is 0 Å². The van der Waals surface area contributed by atoms with Crippen molar-refractivity contribution in [1.82, 2.24) is 4.90 Å². The summed E-state index contributed by atoms with van der Waals surface area (Å²) in [4.78, 5) is 3.47. The molecule has 1 unspecified atom stereocenters. The predicted molar refractivity (Wildman–Crippen MR) is 73.4 cm³/mol. The molecule has 0 rings (SSSR count). The standard InChI is InChI=1S/C13H27NS/c1-5-8-9-10-11-12(4)13(15)14(6-2)7-3/h12H,5-11H2,1-4H3. The Hall–Kier alpha value is -0.110. The van der Waals surface area contributed by atoms with Gasteiger partial charge in [0.05, 0.1) is 4.99 Å². The topological polar surface area (TPSA) is 3.24 Å². The Bertz CT molecular complexity index is 164. The maximum atomic E-state index is 5.50. The summed E-state index contributed by atoms with van der Waals surface area (Å²) in [5, 5.41) is 0. The SMILES string of the molecule is CCCCCCC(C)C(=S)N(CC)CC. The fourth-order valence-electron chi connectivity index (χ4n) is 1.85. The van der Waals surface area contributed by atoms with E-state index in [4.69, 9.17) is 12.2 Å². The Labute approximate surface area is 101 Å². The number of hydrogen-bond acceptors (Lipinski definition) is 1. The van der Waals surface area contributed by atoms with Crippen LogP contribution in [0, 0.1) is 5.92 Å². The van der Waals surface area contributed by atoms with Gasteiger partial charge < -0.3 is 4.90 Å². The van der Waals surface area contributed by atoms with E-state index in [0.29, 0.717) is 5.92 Å². The molecular formula is C13H27NS. The lowest BCUT2D eigenvalue weighted by Crippen LogP contribution is -2.33. The van der Waals surface area contributed by atoms with Crippen LogP contribution in [0.25, 0.3) is 0 Å². The van der Waals surface area contributed by atoms with Crippen LogP contribution in [-0.4, -0.2) is 23.0 Å². The molecule has 15 heavy (non-hydrogen) atoms. The second kappa shape index (κ2) is 9.14. The molecule has 1 nitrogen and oxygen atoms in total. The summed E-state index contributed by atoms with van der Waals surface area (Å²) in [6.07, 6.45) is 6.63. The summed E-state index contributed by atoms with van der Waals surface area (Å²) in [6.45, 7) is 11.0. The van der Waals surface area contributed by atoms with Gasteiger partial charge in [-0.15, -0.1) is 0 Å². The fourth-order valence-corrected chi connectivity index (χ4v) is 2.22. The zero-order chi connectivity index (χ0) is 11.7. The first-order chi connectivity index (χ1) is 7.17. The lowest BCUT2D eigenvalue weighted by Gasteiger charge is -2.26. The van der Waals surface area contributed by atoms with Crippen molar-refractivity contribution in [2.45, 2.75) is 59.8 Å². The quantitative estimate of drug-likeness (QED) is 0.452. The lowest BCUT2D eigenvalue weighted by atomic mass is 10.0. The summed E-state index contributed by atoms with van der Waals surface area (Å²) in [6, 6.07) is 0. The molecule has 0 heterocycles. The maximum Gasteiger partial charge on any atom is 0.0807 e. The van der Waals surface area contributed by atoms with Gasteiger partial charge in [0, 0.05) is 19.0 Å². The average Bonchev–Trinajstić information content (AvgIpc) is 2.25. The van der Waals surface area contributed by atoms with Gasteiger partial charge in [-0.2, -0.15) is 0 Å². The highest BCUT2D eigenvalue weighted by Gasteiger charge is 2.12. The predicted octanol–water partition coefficient (Wildman–Crippen LogP) is 4.26. The third-order valence-electron chi connectivity index (χ3n) is 2.99. The molecule has 0 aromatic heterocycles. The van der Waals surface area contributed by atoms with E-state index in [2.05, 4.69) is 32.6 Å². The third kappa shape index (κ3) is 6.14. The van der Waals surface area contributed by atoms with Gasteiger partial charge in [0.15, 0.2) is 0 Å². The first-order valence-electron chi connectivity index (χ1n) is 6.46. The van der Waals surface area contributed by atoms with Crippen LogP contribution in [0.5, 0.6) is 0 Å². The minimum absolute atomic E-state index is 0.580. The van der Waals surface area contributed by atoms with E-state index in [-0.39, 0.29) is 0 Å². The molecule has 0 aromatic rings. The van der Waals surface area contributed by atoms with E-state index in [1.807, 2.05) is 0 Å². The molecule has 0 aliphatic carbocycles. The second-order valence-electron chi connectivity index (χ2n) is 4.26. The Kier molecular flexibility index (Phi) is 9.07. The summed E-state index contributed by atoms with van der Waals surface area (Å²) >= 11 is 5.50. The van der Waals surface area contributed by atoms with E-state index in [1.54, 1.807) is 0 Å². The van der Waals surface area contributed by atoms with Gasteiger partial charge in [0.1, 0.15) is 0 Å². The van der Waals surface area contributed by atoms with Gasteiger partial charge in [-0.25, -0.2) is 0 Å². The number of nitrogens with zero attached hydrogens (tertiary/aromatic N) is 1. The first-order valence-corrected chi connectivity index (χ1v) is 6.86. The smallest absolute Gasteiger partial charge is 0.0807 e. The molecule has 0 amide bonds. The van der Waals surface area contributed by atoms with Crippen molar-refractivity contribution in [1.29, 1.82) is 0 Å². The van der Waals surface area contributed by atoms with Crippen LogP contribution >= 0.6 is 12.2 Å². The van der Waals surface area contributed by atoms with Crippen LogP contribution < -0.4 is 0 Å². The number of unbranched alkanes of at least 4 members (excludes halogenated alkanes) is 3. The molecule has 0 saturated carbocycles. The van der Waals surface area contributed by atoms with Crippen LogP contribution in [-0.2, 0) is 0 Å². The van der Waals surface area contributed by atoms with Crippen molar-refractivity contribution in [2.24, 2.45) is 5.92 Å². The van der Waals surface area contributed by atoms with Crippen molar-refractivity contribution < 1.29 is 0 Å². The molecular weight excluding hydrogens is 202 g/mol. The molecule has 0 aliphatic rings. The van der Waals surface area contributed by atoms with Crippen LogP contribution in [0.1, 0.15) is 59.8 Å². The van der Waals surface area contributed by atoms with Crippen molar-refractivity contribution >= 4 is 17.2 Å². The van der Waals surface area contributed by atoms with Gasteiger partial charge in [0.25, 0.3) is 0 Å². The molecule has 1 atom stereocenters. The zero-order valence-corrected chi connectivity index (χ0v) is 11.7. The molecule has 0 aliphatic heterocycles. The largest absolute Gasteiger partial charge is 0.366 e. The Morgan fingerprint density at radius 1 is 1.07 bits per heavy atom. The van der Waals surface area contributed by atoms with E-state index >= 15 is 0 Å². The summed E-state index contributed by atoms with van der Waals surface area (Å²) < 4.78 is 0. The van der Waals surface area contributed by atoms with Crippen LogP contribution in [0.4, 0.5) is 0 Å². The molecule has 0 fully saturated rings. The van der Waals surface area contributed by atoms with Crippen LogP contribution in [0.3, 0.4) is 0 Å². The van der Waals surface area contributed by atoms with Crippen LogP contribution in [0.15, 0.2) is 0 Å². The molecule has 0 bridgehead atoms. The van der Waals surface area contributed by atoms with Crippen molar-refractivity contribution in [3.05, 3.63) is 0 Å². The highest BCUT2D eigenvalue weighted by molar-refractivity contribution is 7.80. The molecule has 0 saturated heterocycles. The summed E-state index contributed by atoms with van der Waals surface area (Å²) in [5.41, 5.74) is 0. The van der Waals surface area contributed by atoms with Gasteiger partial charge in [-0.05, 0) is 20.3 Å². The van der Waals surface area contributed by atoms with Crippen molar-refractivity contribution in [3.8, 4) is 0 Å². The minimum atomic E-state index is 0.580. The molecule has 90 valence electrons. The third-order valence-corrected chi connectivity index (χ3v) is 3.65. The van der Waals surface area contributed by atoms with E-state index < -0.39 is 0 Å². The molecule has 0 spiro atoms. The molecule has 0 N–H and O–H groups in total. The fraction of sp³-hybridized carbons (Fsp3) is 0.923. The van der Waals surface area contributed by atoms with E-state index in [9.17, 15) is 0 Å². The van der Waals surface area contributed by atoms with Crippen molar-refractivity contribution in [2.75, 3.05) is 13.1 Å². The Balaban J connectivity index is 3.77. The minimum Gasteiger partial charge on any atom is -0.366 e. The Morgan fingerprint density at radius 2 is 1.67 bits per heavy atom. The Morgan fingerprint density at radius 3 is 2.13 bits per heavy atom. The normalized spacial score (nSPS) is 12.5. The second-order valence-corrected chi connectivity index (χ2v) is 4.68. The van der Waals surface area contributed by atoms with Crippen LogP contribution in [0.2, 0.25) is 0 Å². The van der Waals surface area contributed by atoms with Crippen molar-refractivity contribution in [3.63, 3.8) is 0 Å². The highest BCUT2D eigenvalue weighted by Crippen LogP contribution is 2.14. The molecule has 0 aromatic carbocycles. The number of hydrogen-bond donors (Lipinski definition) is 0.